The summed E-state index contributed by atoms with van der Waals surface area (Å²) in [6, 6.07) is 18.8. The summed E-state index contributed by atoms with van der Waals surface area (Å²) in [6.07, 6.45) is 0.765. The highest BCUT2D eigenvalue weighted by Gasteiger charge is 2.14. The van der Waals surface area contributed by atoms with Gasteiger partial charge in [-0.25, -0.2) is 0 Å². The van der Waals surface area contributed by atoms with Crippen LogP contribution in [0.15, 0.2) is 54.6 Å². The van der Waals surface area contributed by atoms with E-state index in [2.05, 4.69) is 48.2 Å². The van der Waals surface area contributed by atoms with Crippen LogP contribution in [0.4, 0.5) is 0 Å². The second-order valence-corrected chi connectivity index (χ2v) is 5.73. The van der Waals surface area contributed by atoms with Crippen molar-refractivity contribution in [3.8, 4) is 0 Å². The fraction of sp³-hybridized carbons (Fsp3) is 0.368. The van der Waals surface area contributed by atoms with Crippen LogP contribution < -0.4 is 0 Å². The monoisotopic (exact) mass is 299 g/mol. The lowest BCUT2D eigenvalue weighted by Crippen LogP contribution is -2.32. The highest BCUT2D eigenvalue weighted by Crippen LogP contribution is 2.15. The van der Waals surface area contributed by atoms with E-state index < -0.39 is 0 Å². The van der Waals surface area contributed by atoms with E-state index >= 15 is 0 Å². The average Bonchev–Trinajstić information content (AvgIpc) is 2.56. The molecule has 0 spiro atoms. The van der Waals surface area contributed by atoms with E-state index in [-0.39, 0.29) is 13.2 Å². The van der Waals surface area contributed by atoms with Gasteiger partial charge in [-0.3, -0.25) is 4.90 Å². The molecule has 2 N–H and O–H groups in total. The fourth-order valence-electron chi connectivity index (χ4n) is 2.54. The molecule has 2 aromatic carbocycles. The van der Waals surface area contributed by atoms with E-state index in [1.165, 1.54) is 11.1 Å². The van der Waals surface area contributed by atoms with Gasteiger partial charge >= 0.3 is 0 Å². The van der Waals surface area contributed by atoms with Crippen LogP contribution in [0.3, 0.4) is 0 Å². The van der Waals surface area contributed by atoms with Crippen LogP contribution in [0.1, 0.15) is 30.0 Å². The van der Waals surface area contributed by atoms with Gasteiger partial charge < -0.3 is 10.2 Å². The molecule has 0 saturated carbocycles. The summed E-state index contributed by atoms with van der Waals surface area (Å²) in [4.78, 5) is 2.37. The predicted octanol–water partition coefficient (Wildman–Crippen LogP) is 2.95. The van der Waals surface area contributed by atoms with E-state index in [1.807, 2.05) is 18.2 Å². The minimum atomic E-state index is 0.0783. The molecule has 0 saturated heterocycles. The Balaban J connectivity index is 2.09. The molecule has 0 radical (unpaired) electrons. The molecule has 0 heterocycles. The van der Waals surface area contributed by atoms with Gasteiger partial charge in [-0.2, -0.15) is 0 Å². The second-order valence-electron chi connectivity index (χ2n) is 5.73. The quantitative estimate of drug-likeness (QED) is 0.787. The molecule has 3 heteroatoms. The van der Waals surface area contributed by atoms with Crippen molar-refractivity contribution in [3.63, 3.8) is 0 Å². The molecule has 0 bridgehead atoms. The van der Waals surface area contributed by atoms with Gasteiger partial charge in [-0.05, 0) is 30.0 Å². The summed E-state index contributed by atoms with van der Waals surface area (Å²) in [5, 5.41) is 18.4. The van der Waals surface area contributed by atoms with Crippen molar-refractivity contribution < 1.29 is 10.2 Å². The van der Waals surface area contributed by atoms with Crippen molar-refractivity contribution in [2.45, 2.75) is 39.1 Å². The number of nitrogens with zero attached hydrogens (tertiary/aromatic N) is 1. The van der Waals surface area contributed by atoms with Crippen LogP contribution in [0, 0.1) is 0 Å². The van der Waals surface area contributed by atoms with Crippen LogP contribution in [0.25, 0.3) is 0 Å². The molecule has 2 rings (SSSR count). The summed E-state index contributed by atoms with van der Waals surface area (Å²) in [6.45, 7) is 4.14. The van der Waals surface area contributed by atoms with Crippen LogP contribution >= 0.6 is 0 Å². The van der Waals surface area contributed by atoms with Crippen molar-refractivity contribution in [2.75, 3.05) is 6.61 Å². The van der Waals surface area contributed by atoms with Gasteiger partial charge in [0.25, 0.3) is 0 Å². The molecule has 0 aliphatic heterocycles. The first-order chi connectivity index (χ1) is 10.7. The first-order valence-electron chi connectivity index (χ1n) is 7.80. The van der Waals surface area contributed by atoms with E-state index in [0.717, 1.165) is 25.1 Å². The lowest BCUT2D eigenvalue weighted by molar-refractivity contribution is 0.153. The molecule has 3 nitrogen and oxygen atoms in total. The Hall–Kier alpha value is -1.68. The summed E-state index contributed by atoms with van der Waals surface area (Å²) in [5.41, 5.74) is 3.43. The van der Waals surface area contributed by atoms with Crippen LogP contribution in [-0.4, -0.2) is 27.8 Å². The Morgan fingerprint density at radius 1 is 0.818 bits per heavy atom. The number of aliphatic hydroxyl groups excluding tert-OH is 2. The highest BCUT2D eigenvalue weighted by molar-refractivity contribution is 5.22. The smallest absolute Gasteiger partial charge is 0.0681 e. The van der Waals surface area contributed by atoms with Gasteiger partial charge in [0.15, 0.2) is 0 Å². The molecule has 0 amide bonds. The summed E-state index contributed by atoms with van der Waals surface area (Å²) < 4.78 is 0. The number of aliphatic hydroxyl groups is 2. The van der Waals surface area contributed by atoms with Crippen LogP contribution in [0.5, 0.6) is 0 Å². The Morgan fingerprint density at radius 3 is 1.91 bits per heavy atom. The first-order valence-corrected chi connectivity index (χ1v) is 7.80. The average molecular weight is 299 g/mol. The number of rotatable bonds is 8. The zero-order chi connectivity index (χ0) is 15.8. The molecule has 0 aromatic heterocycles. The predicted molar refractivity (Wildman–Crippen MR) is 89.2 cm³/mol. The minimum Gasteiger partial charge on any atom is -0.396 e. The second kappa shape index (κ2) is 8.69. The lowest BCUT2D eigenvalue weighted by atomic mass is 10.1. The first kappa shape index (κ1) is 16.7. The lowest BCUT2D eigenvalue weighted by Gasteiger charge is -2.29. The molecule has 0 aliphatic carbocycles. The van der Waals surface area contributed by atoms with Gasteiger partial charge in [0.1, 0.15) is 0 Å². The summed E-state index contributed by atoms with van der Waals surface area (Å²) in [7, 11) is 0. The maximum absolute atomic E-state index is 9.23. The third-order valence-electron chi connectivity index (χ3n) is 3.99. The van der Waals surface area contributed by atoms with Crippen molar-refractivity contribution in [3.05, 3.63) is 71.3 Å². The van der Waals surface area contributed by atoms with Crippen molar-refractivity contribution in [1.29, 1.82) is 0 Å². The topological polar surface area (TPSA) is 43.7 Å². The van der Waals surface area contributed by atoms with Gasteiger partial charge in [-0.15, -0.1) is 0 Å². The molecule has 2 aromatic rings. The molecule has 0 fully saturated rings. The summed E-state index contributed by atoms with van der Waals surface area (Å²) >= 11 is 0. The molecule has 0 aliphatic rings. The Labute approximate surface area is 132 Å². The largest absolute Gasteiger partial charge is 0.396 e. The maximum Gasteiger partial charge on any atom is 0.0681 e. The highest BCUT2D eigenvalue weighted by atomic mass is 16.3. The van der Waals surface area contributed by atoms with Gasteiger partial charge in [0.2, 0.25) is 0 Å². The van der Waals surface area contributed by atoms with Crippen molar-refractivity contribution >= 4 is 0 Å². The van der Waals surface area contributed by atoms with Crippen molar-refractivity contribution in [2.24, 2.45) is 0 Å². The third-order valence-corrected chi connectivity index (χ3v) is 3.99. The Bertz CT molecular complexity index is 539. The Kier molecular flexibility index (Phi) is 6.59. The number of hydrogen-bond acceptors (Lipinski definition) is 3. The fourth-order valence-corrected chi connectivity index (χ4v) is 2.54. The zero-order valence-corrected chi connectivity index (χ0v) is 13.2. The van der Waals surface area contributed by atoms with Crippen LogP contribution in [-0.2, 0) is 19.7 Å². The number of hydrogen-bond donors (Lipinski definition) is 2. The van der Waals surface area contributed by atoms with Crippen LogP contribution in [0.2, 0.25) is 0 Å². The van der Waals surface area contributed by atoms with Gasteiger partial charge in [0.05, 0.1) is 6.61 Å². The van der Waals surface area contributed by atoms with E-state index in [0.29, 0.717) is 6.04 Å². The molecular weight excluding hydrogens is 274 g/mol. The SMILES string of the molecule is CC(CCO)N(Cc1ccccc1)Cc1ccc(CO)cc1. The minimum absolute atomic E-state index is 0.0783. The van der Waals surface area contributed by atoms with E-state index in [4.69, 9.17) is 5.11 Å². The van der Waals surface area contributed by atoms with E-state index in [1.54, 1.807) is 0 Å². The van der Waals surface area contributed by atoms with Gasteiger partial charge in [-0.1, -0.05) is 54.6 Å². The molecule has 118 valence electrons. The third kappa shape index (κ3) is 4.95. The Morgan fingerprint density at radius 2 is 1.36 bits per heavy atom. The zero-order valence-electron chi connectivity index (χ0n) is 13.2. The molecule has 22 heavy (non-hydrogen) atoms. The standard InChI is InChI=1S/C19H25NO2/c1-16(11-12-21)20(13-17-5-3-2-4-6-17)14-18-7-9-19(15-22)10-8-18/h2-10,16,21-22H,11-15H2,1H3. The molecular formula is C19H25NO2. The van der Waals surface area contributed by atoms with Crippen molar-refractivity contribution in [1.82, 2.24) is 4.90 Å². The summed E-state index contributed by atoms with van der Waals surface area (Å²) in [5.74, 6) is 0. The normalized spacial score (nSPS) is 12.5. The molecule has 1 atom stereocenters. The van der Waals surface area contributed by atoms with Gasteiger partial charge in [0, 0.05) is 25.7 Å². The van der Waals surface area contributed by atoms with E-state index in [9.17, 15) is 5.11 Å². The number of benzene rings is 2. The molecule has 1 unspecified atom stereocenters. The maximum atomic E-state index is 9.23.